The van der Waals surface area contributed by atoms with Crippen molar-refractivity contribution in [2.45, 2.75) is 13.5 Å². The third-order valence-corrected chi connectivity index (χ3v) is 3.18. The zero-order valence-electron chi connectivity index (χ0n) is 8.20. The fraction of sp³-hybridized carbons (Fsp3) is 0.182. The van der Waals surface area contributed by atoms with Crippen LogP contribution >= 0.6 is 11.3 Å². The molecule has 4 heteroatoms. The average molecular weight is 223 g/mol. The van der Waals surface area contributed by atoms with Crippen molar-refractivity contribution < 1.29 is 9.50 Å². The Morgan fingerprint density at radius 3 is 2.87 bits per heavy atom. The lowest BCUT2D eigenvalue weighted by Gasteiger charge is -1.94. The molecule has 1 N–H and O–H groups in total. The van der Waals surface area contributed by atoms with Gasteiger partial charge in [-0.3, -0.25) is 0 Å². The molecule has 0 radical (unpaired) electrons. The minimum absolute atomic E-state index is 0.0718. The van der Waals surface area contributed by atoms with E-state index in [1.54, 1.807) is 6.07 Å². The predicted molar refractivity (Wildman–Crippen MR) is 58.2 cm³/mol. The molecule has 0 bridgehead atoms. The van der Waals surface area contributed by atoms with Crippen LogP contribution in [0.3, 0.4) is 0 Å². The third-order valence-electron chi connectivity index (χ3n) is 2.11. The van der Waals surface area contributed by atoms with Gasteiger partial charge in [-0.1, -0.05) is 12.1 Å². The normalized spacial score (nSPS) is 10.6. The van der Waals surface area contributed by atoms with Crippen LogP contribution in [-0.4, -0.2) is 10.1 Å². The summed E-state index contributed by atoms with van der Waals surface area (Å²) >= 11 is 1.46. The van der Waals surface area contributed by atoms with Gasteiger partial charge in [-0.05, 0) is 19.1 Å². The van der Waals surface area contributed by atoms with Crippen molar-refractivity contribution in [3.63, 3.8) is 0 Å². The van der Waals surface area contributed by atoms with E-state index >= 15 is 0 Å². The number of aryl methyl sites for hydroxylation is 1. The second-order valence-electron chi connectivity index (χ2n) is 3.19. The van der Waals surface area contributed by atoms with Gasteiger partial charge in [0.05, 0.1) is 12.3 Å². The van der Waals surface area contributed by atoms with Gasteiger partial charge in [-0.2, -0.15) is 0 Å². The van der Waals surface area contributed by atoms with Crippen molar-refractivity contribution in [2.24, 2.45) is 0 Å². The van der Waals surface area contributed by atoms with Gasteiger partial charge in [-0.25, -0.2) is 9.37 Å². The molecule has 15 heavy (non-hydrogen) atoms. The highest BCUT2D eigenvalue weighted by Gasteiger charge is 2.08. The maximum absolute atomic E-state index is 13.0. The van der Waals surface area contributed by atoms with Gasteiger partial charge < -0.3 is 5.11 Å². The highest BCUT2D eigenvalue weighted by atomic mass is 32.1. The zero-order valence-corrected chi connectivity index (χ0v) is 9.01. The molecule has 0 fully saturated rings. The van der Waals surface area contributed by atoms with E-state index in [0.29, 0.717) is 5.69 Å². The number of benzene rings is 1. The van der Waals surface area contributed by atoms with E-state index in [1.807, 2.05) is 13.0 Å². The van der Waals surface area contributed by atoms with Crippen LogP contribution in [0.15, 0.2) is 24.3 Å². The van der Waals surface area contributed by atoms with E-state index in [1.165, 1.54) is 23.5 Å². The van der Waals surface area contributed by atoms with Crippen LogP contribution in [0.4, 0.5) is 4.39 Å². The summed E-state index contributed by atoms with van der Waals surface area (Å²) < 4.78 is 13.0. The molecule has 0 aliphatic carbocycles. The highest BCUT2D eigenvalue weighted by molar-refractivity contribution is 7.15. The van der Waals surface area contributed by atoms with E-state index in [2.05, 4.69) is 4.98 Å². The van der Waals surface area contributed by atoms with E-state index in [0.717, 1.165) is 15.4 Å². The first-order valence-electron chi connectivity index (χ1n) is 4.54. The summed E-state index contributed by atoms with van der Waals surface area (Å²) in [5.41, 5.74) is 1.42. The van der Waals surface area contributed by atoms with E-state index in [-0.39, 0.29) is 12.4 Å². The second-order valence-corrected chi connectivity index (χ2v) is 4.39. The maximum Gasteiger partial charge on any atom is 0.124 e. The molecule has 0 saturated heterocycles. The van der Waals surface area contributed by atoms with Crippen molar-refractivity contribution >= 4 is 11.3 Å². The molecular formula is C11H10FNOS. The highest BCUT2D eigenvalue weighted by Crippen LogP contribution is 2.27. The number of aromatic nitrogens is 1. The van der Waals surface area contributed by atoms with Gasteiger partial charge in [-0.15, -0.1) is 11.3 Å². The van der Waals surface area contributed by atoms with Crippen LogP contribution in [0, 0.1) is 12.7 Å². The average Bonchev–Trinajstić information content (AvgIpc) is 2.60. The minimum Gasteiger partial charge on any atom is -0.390 e. The SMILES string of the molecule is Cc1sc(-c2cccc(F)c2)nc1CO. The summed E-state index contributed by atoms with van der Waals surface area (Å²) in [6.07, 6.45) is 0. The van der Waals surface area contributed by atoms with Crippen molar-refractivity contribution in [1.29, 1.82) is 0 Å². The van der Waals surface area contributed by atoms with E-state index in [9.17, 15) is 4.39 Å². The lowest BCUT2D eigenvalue weighted by atomic mass is 10.2. The van der Waals surface area contributed by atoms with Crippen molar-refractivity contribution in [2.75, 3.05) is 0 Å². The number of halogens is 1. The maximum atomic E-state index is 13.0. The van der Waals surface area contributed by atoms with E-state index < -0.39 is 0 Å². The topological polar surface area (TPSA) is 33.1 Å². The van der Waals surface area contributed by atoms with Gasteiger partial charge in [0.1, 0.15) is 10.8 Å². The summed E-state index contributed by atoms with van der Waals surface area (Å²) in [6, 6.07) is 6.30. The lowest BCUT2D eigenvalue weighted by Crippen LogP contribution is -1.85. The summed E-state index contributed by atoms with van der Waals surface area (Å²) in [5, 5.41) is 9.75. The third kappa shape index (κ3) is 2.06. The summed E-state index contributed by atoms with van der Waals surface area (Å²) in [7, 11) is 0. The molecular weight excluding hydrogens is 213 g/mol. The number of thiazole rings is 1. The Kier molecular flexibility index (Phi) is 2.79. The number of hydrogen-bond acceptors (Lipinski definition) is 3. The number of nitrogens with zero attached hydrogens (tertiary/aromatic N) is 1. The quantitative estimate of drug-likeness (QED) is 0.849. The molecule has 0 aliphatic heterocycles. The molecule has 0 unspecified atom stereocenters. The molecule has 2 rings (SSSR count). The van der Waals surface area contributed by atoms with Gasteiger partial charge in [0.15, 0.2) is 0 Å². The molecule has 0 amide bonds. The molecule has 78 valence electrons. The molecule has 0 atom stereocenters. The number of aliphatic hydroxyl groups is 1. The molecule has 0 spiro atoms. The number of aliphatic hydroxyl groups excluding tert-OH is 1. The summed E-state index contributed by atoms with van der Waals surface area (Å²) in [6.45, 7) is 1.82. The largest absolute Gasteiger partial charge is 0.390 e. The fourth-order valence-electron chi connectivity index (χ4n) is 1.32. The lowest BCUT2D eigenvalue weighted by molar-refractivity contribution is 0.277. The number of rotatable bonds is 2. The van der Waals surface area contributed by atoms with Crippen LogP contribution in [0.25, 0.3) is 10.6 Å². The Morgan fingerprint density at radius 1 is 1.47 bits per heavy atom. The Hall–Kier alpha value is -1.26. The van der Waals surface area contributed by atoms with Gasteiger partial charge in [0.2, 0.25) is 0 Å². The van der Waals surface area contributed by atoms with Crippen molar-refractivity contribution in [3.8, 4) is 10.6 Å². The van der Waals surface area contributed by atoms with E-state index in [4.69, 9.17) is 5.11 Å². The predicted octanol–water partition coefficient (Wildman–Crippen LogP) is 2.75. The fourth-order valence-corrected chi connectivity index (χ4v) is 2.24. The first-order chi connectivity index (χ1) is 7.20. The van der Waals surface area contributed by atoms with Crippen LogP contribution in [0.1, 0.15) is 10.6 Å². The number of hydrogen-bond donors (Lipinski definition) is 1. The Labute approximate surface area is 91.0 Å². The minimum atomic E-state index is -0.272. The molecule has 2 nitrogen and oxygen atoms in total. The smallest absolute Gasteiger partial charge is 0.124 e. The Balaban J connectivity index is 2.45. The molecule has 1 aromatic heterocycles. The van der Waals surface area contributed by atoms with Gasteiger partial charge in [0.25, 0.3) is 0 Å². The zero-order chi connectivity index (χ0) is 10.8. The standard InChI is InChI=1S/C11H10FNOS/c1-7-10(6-14)13-11(15-7)8-3-2-4-9(12)5-8/h2-5,14H,6H2,1H3. The molecule has 0 aliphatic rings. The Bertz CT molecular complexity index is 481. The second kappa shape index (κ2) is 4.08. The first kappa shape index (κ1) is 10.3. The van der Waals surface area contributed by atoms with Gasteiger partial charge >= 0.3 is 0 Å². The van der Waals surface area contributed by atoms with Crippen LogP contribution < -0.4 is 0 Å². The molecule has 2 aromatic rings. The Morgan fingerprint density at radius 2 is 2.27 bits per heavy atom. The van der Waals surface area contributed by atoms with Crippen LogP contribution in [0.5, 0.6) is 0 Å². The summed E-state index contributed by atoms with van der Waals surface area (Å²) in [5.74, 6) is -0.272. The molecule has 1 aromatic carbocycles. The van der Waals surface area contributed by atoms with Crippen molar-refractivity contribution in [1.82, 2.24) is 4.98 Å². The monoisotopic (exact) mass is 223 g/mol. The van der Waals surface area contributed by atoms with Crippen molar-refractivity contribution in [3.05, 3.63) is 40.7 Å². The molecule has 0 saturated carbocycles. The first-order valence-corrected chi connectivity index (χ1v) is 5.35. The van der Waals surface area contributed by atoms with Gasteiger partial charge in [0, 0.05) is 10.4 Å². The van der Waals surface area contributed by atoms with Crippen LogP contribution in [-0.2, 0) is 6.61 Å². The summed E-state index contributed by atoms with van der Waals surface area (Å²) in [4.78, 5) is 5.21. The van der Waals surface area contributed by atoms with Crippen LogP contribution in [0.2, 0.25) is 0 Å². The molecule has 1 heterocycles.